The monoisotopic (exact) mass is 404 g/mol. The second-order valence-corrected chi connectivity index (χ2v) is 8.50. The van der Waals surface area contributed by atoms with Gasteiger partial charge in [0.1, 0.15) is 11.2 Å². The Bertz CT molecular complexity index is 1000. The molecule has 9 heteroatoms. The lowest BCUT2D eigenvalue weighted by Crippen LogP contribution is -2.46. The molecule has 158 valence electrons. The van der Waals surface area contributed by atoms with Crippen molar-refractivity contribution >= 4 is 17.7 Å². The molecule has 1 amide bonds. The van der Waals surface area contributed by atoms with E-state index < -0.39 is 11.6 Å². The van der Waals surface area contributed by atoms with Crippen molar-refractivity contribution in [1.29, 1.82) is 0 Å². The first-order chi connectivity index (χ1) is 13.5. The average molecular weight is 404 g/mol. The molecule has 0 spiro atoms. The number of rotatable bonds is 2. The van der Waals surface area contributed by atoms with Crippen molar-refractivity contribution in [2.45, 2.75) is 58.1 Å². The van der Waals surface area contributed by atoms with Gasteiger partial charge in [-0.3, -0.25) is 9.36 Å². The summed E-state index contributed by atoms with van der Waals surface area (Å²) < 4.78 is 13.3. The number of hydrogen-bond acceptors (Lipinski definition) is 6. The molecule has 29 heavy (non-hydrogen) atoms. The summed E-state index contributed by atoms with van der Waals surface area (Å²) in [5.74, 6) is -0.536. The van der Waals surface area contributed by atoms with Gasteiger partial charge < -0.3 is 14.4 Å². The van der Waals surface area contributed by atoms with Crippen LogP contribution in [0.1, 0.15) is 62.6 Å². The molecular formula is C20H28N4O5. The first-order valence-electron chi connectivity index (χ1n) is 9.69. The smallest absolute Gasteiger partial charge is 0.410 e. The number of methoxy groups -OCH3 is 1. The second kappa shape index (κ2) is 7.53. The molecule has 1 aliphatic rings. The summed E-state index contributed by atoms with van der Waals surface area (Å²) in [5, 5.41) is 4.37. The third-order valence-corrected chi connectivity index (χ3v) is 5.20. The lowest BCUT2D eigenvalue weighted by Gasteiger charge is -2.38. The third kappa shape index (κ3) is 4.13. The molecule has 0 bridgehead atoms. The molecule has 1 aliphatic heterocycles. The number of aromatic nitrogens is 3. The van der Waals surface area contributed by atoms with E-state index in [-0.39, 0.29) is 29.3 Å². The van der Waals surface area contributed by atoms with E-state index in [0.717, 1.165) is 5.69 Å². The zero-order chi connectivity index (χ0) is 21.5. The number of carbonyl (C=O) groups is 2. The molecule has 2 atom stereocenters. The number of likely N-dealkylation sites (tertiary alicyclic amines) is 1. The van der Waals surface area contributed by atoms with Gasteiger partial charge in [0, 0.05) is 37.7 Å². The summed E-state index contributed by atoms with van der Waals surface area (Å²) in [7, 11) is 2.93. The number of hydrogen-bond donors (Lipinski definition) is 0. The maximum absolute atomic E-state index is 12.5. The van der Waals surface area contributed by atoms with Crippen LogP contribution in [0.4, 0.5) is 4.79 Å². The highest BCUT2D eigenvalue weighted by atomic mass is 16.6. The summed E-state index contributed by atoms with van der Waals surface area (Å²) in [6, 6.07) is 3.05. The van der Waals surface area contributed by atoms with Crippen molar-refractivity contribution in [3.8, 4) is 0 Å². The maximum atomic E-state index is 12.5. The standard InChI is InChI=1S/C20H28N4O5/c1-12-9-13(7-8-23(12)19(27)29-20(2,3)4)15-11-17(25)22(5)16-10-14(18(26)28-6)21-24(15)16/h10-13H,7-9H2,1-6H3/t12-,13?/m0/s1. The molecule has 3 heterocycles. The molecule has 0 N–H and O–H groups in total. The van der Waals surface area contributed by atoms with Crippen LogP contribution >= 0.6 is 0 Å². The first-order valence-corrected chi connectivity index (χ1v) is 9.69. The fourth-order valence-electron chi connectivity index (χ4n) is 3.73. The first kappa shape index (κ1) is 20.9. The SMILES string of the molecule is COC(=O)c1cc2n(C)c(=O)cc(C3CCN(C(=O)OC(C)(C)C)[C@@H](C)C3)n2n1. The van der Waals surface area contributed by atoms with Gasteiger partial charge in [-0.25, -0.2) is 14.1 Å². The van der Waals surface area contributed by atoms with E-state index in [1.807, 2.05) is 27.7 Å². The molecule has 0 radical (unpaired) electrons. The molecule has 1 saturated heterocycles. The Kier molecular flexibility index (Phi) is 5.42. The lowest BCUT2D eigenvalue weighted by atomic mass is 9.89. The minimum atomic E-state index is -0.555. The quantitative estimate of drug-likeness (QED) is 0.713. The van der Waals surface area contributed by atoms with Crippen LogP contribution in [0.5, 0.6) is 0 Å². The number of fused-ring (bicyclic) bond motifs is 1. The molecule has 2 aromatic heterocycles. The molecule has 1 unspecified atom stereocenters. The Labute approximate surface area is 169 Å². The summed E-state index contributed by atoms with van der Waals surface area (Å²) in [4.78, 5) is 38.6. The number of ether oxygens (including phenoxy) is 2. The van der Waals surface area contributed by atoms with Crippen LogP contribution in [-0.4, -0.2) is 56.4 Å². The van der Waals surface area contributed by atoms with Gasteiger partial charge in [0.2, 0.25) is 0 Å². The highest BCUT2D eigenvalue weighted by Crippen LogP contribution is 2.32. The van der Waals surface area contributed by atoms with Gasteiger partial charge in [-0.05, 0) is 40.5 Å². The number of nitrogens with zero attached hydrogens (tertiary/aromatic N) is 4. The largest absolute Gasteiger partial charge is 0.464 e. The minimum absolute atomic E-state index is 0.0190. The minimum Gasteiger partial charge on any atom is -0.464 e. The van der Waals surface area contributed by atoms with Crippen molar-refractivity contribution in [1.82, 2.24) is 19.1 Å². The molecule has 0 aliphatic carbocycles. The van der Waals surface area contributed by atoms with Gasteiger partial charge in [0.05, 0.1) is 12.8 Å². The van der Waals surface area contributed by atoms with Crippen LogP contribution < -0.4 is 5.56 Å². The zero-order valence-corrected chi connectivity index (χ0v) is 17.8. The highest BCUT2D eigenvalue weighted by Gasteiger charge is 2.34. The van der Waals surface area contributed by atoms with E-state index in [4.69, 9.17) is 9.47 Å². The molecule has 1 fully saturated rings. The molecule has 0 saturated carbocycles. The number of carbonyl (C=O) groups excluding carboxylic acids is 2. The van der Waals surface area contributed by atoms with Crippen LogP contribution in [0.3, 0.4) is 0 Å². The molecule has 2 aromatic rings. The Balaban J connectivity index is 1.91. The van der Waals surface area contributed by atoms with Gasteiger partial charge in [-0.2, -0.15) is 5.10 Å². The number of amides is 1. The van der Waals surface area contributed by atoms with E-state index in [9.17, 15) is 14.4 Å². The molecule has 9 nitrogen and oxygen atoms in total. The van der Waals surface area contributed by atoms with Crippen molar-refractivity contribution in [2.24, 2.45) is 7.05 Å². The predicted molar refractivity (Wildman–Crippen MR) is 106 cm³/mol. The zero-order valence-electron chi connectivity index (χ0n) is 17.8. The van der Waals surface area contributed by atoms with Gasteiger partial charge in [0.15, 0.2) is 5.69 Å². The van der Waals surface area contributed by atoms with Crippen molar-refractivity contribution in [2.75, 3.05) is 13.7 Å². The average Bonchev–Trinajstić information content (AvgIpc) is 3.08. The second-order valence-electron chi connectivity index (χ2n) is 8.50. The lowest BCUT2D eigenvalue weighted by molar-refractivity contribution is 0.0101. The fraction of sp³-hybridized carbons (Fsp3) is 0.600. The molecule has 0 aromatic carbocycles. The molecular weight excluding hydrogens is 376 g/mol. The van der Waals surface area contributed by atoms with Crippen molar-refractivity contribution in [3.63, 3.8) is 0 Å². The van der Waals surface area contributed by atoms with Crippen LogP contribution in [-0.2, 0) is 16.5 Å². The normalized spacial score (nSPS) is 20.0. The van der Waals surface area contributed by atoms with Gasteiger partial charge in [-0.15, -0.1) is 0 Å². The van der Waals surface area contributed by atoms with E-state index in [0.29, 0.717) is 25.0 Å². The molecule has 3 rings (SSSR count). The van der Waals surface area contributed by atoms with E-state index in [1.165, 1.54) is 11.7 Å². The van der Waals surface area contributed by atoms with Gasteiger partial charge >= 0.3 is 12.1 Å². The summed E-state index contributed by atoms with van der Waals surface area (Å²) in [6.45, 7) is 8.01. The number of esters is 1. The van der Waals surface area contributed by atoms with Gasteiger partial charge in [-0.1, -0.05) is 0 Å². The predicted octanol–water partition coefficient (Wildman–Crippen LogP) is 2.32. The highest BCUT2D eigenvalue weighted by molar-refractivity contribution is 5.88. The van der Waals surface area contributed by atoms with Crippen molar-refractivity contribution < 1.29 is 19.1 Å². The number of piperidine rings is 1. The van der Waals surface area contributed by atoms with Crippen LogP contribution in [0.25, 0.3) is 5.65 Å². The van der Waals surface area contributed by atoms with Crippen molar-refractivity contribution in [3.05, 3.63) is 33.9 Å². The number of aryl methyl sites for hydroxylation is 1. The summed E-state index contributed by atoms with van der Waals surface area (Å²) in [6.07, 6.45) is 0.999. The van der Waals surface area contributed by atoms with Crippen LogP contribution in [0, 0.1) is 0 Å². The Hall–Kier alpha value is -2.84. The Morgan fingerprint density at radius 3 is 2.52 bits per heavy atom. The Morgan fingerprint density at radius 1 is 1.24 bits per heavy atom. The van der Waals surface area contributed by atoms with E-state index >= 15 is 0 Å². The Morgan fingerprint density at radius 2 is 1.93 bits per heavy atom. The topological polar surface area (TPSA) is 95.1 Å². The van der Waals surface area contributed by atoms with E-state index in [2.05, 4.69) is 5.10 Å². The summed E-state index contributed by atoms with van der Waals surface area (Å²) in [5.41, 5.74) is 0.675. The summed E-state index contributed by atoms with van der Waals surface area (Å²) >= 11 is 0. The van der Waals surface area contributed by atoms with Crippen LogP contribution in [0.2, 0.25) is 0 Å². The third-order valence-electron chi connectivity index (χ3n) is 5.20. The van der Waals surface area contributed by atoms with E-state index in [1.54, 1.807) is 28.6 Å². The fourth-order valence-corrected chi connectivity index (χ4v) is 3.73. The van der Waals surface area contributed by atoms with Crippen LogP contribution in [0.15, 0.2) is 16.9 Å². The maximum Gasteiger partial charge on any atom is 0.410 e. The van der Waals surface area contributed by atoms with Gasteiger partial charge in [0.25, 0.3) is 5.56 Å².